The molecule has 5 heteroatoms. The van der Waals surface area contributed by atoms with Crippen LogP contribution in [0.15, 0.2) is 48.5 Å². The Kier molecular flexibility index (Phi) is 6.35. The van der Waals surface area contributed by atoms with Crippen molar-refractivity contribution < 1.29 is 15.0 Å². The van der Waals surface area contributed by atoms with E-state index in [0.717, 1.165) is 6.42 Å². The number of aliphatic hydroxyl groups excluding tert-OH is 1. The van der Waals surface area contributed by atoms with E-state index in [1.54, 1.807) is 12.1 Å². The maximum atomic E-state index is 11.1. The number of aromatic hydroxyl groups is 1. The monoisotopic (exact) mass is 328 g/mol. The maximum Gasteiger partial charge on any atom is 0.221 e. The van der Waals surface area contributed by atoms with Gasteiger partial charge >= 0.3 is 0 Å². The highest BCUT2D eigenvalue weighted by Gasteiger charge is 2.13. The highest BCUT2D eigenvalue weighted by molar-refractivity contribution is 5.90. The minimum atomic E-state index is -0.726. The van der Waals surface area contributed by atoms with E-state index in [4.69, 9.17) is 0 Å². The molecular formula is C19H24N2O3. The molecule has 2 rings (SSSR count). The van der Waals surface area contributed by atoms with Gasteiger partial charge in [-0.2, -0.15) is 0 Å². The molecule has 128 valence electrons. The third-order valence-corrected chi connectivity index (χ3v) is 3.76. The minimum Gasteiger partial charge on any atom is -0.506 e. The van der Waals surface area contributed by atoms with Crippen molar-refractivity contribution in [3.8, 4) is 5.75 Å². The van der Waals surface area contributed by atoms with Gasteiger partial charge in [0.2, 0.25) is 5.91 Å². The average molecular weight is 328 g/mol. The Balaban J connectivity index is 1.92. The number of aliphatic hydroxyl groups is 1. The van der Waals surface area contributed by atoms with Crippen LogP contribution in [-0.2, 0) is 11.2 Å². The van der Waals surface area contributed by atoms with Gasteiger partial charge < -0.3 is 20.8 Å². The summed E-state index contributed by atoms with van der Waals surface area (Å²) < 4.78 is 0. The van der Waals surface area contributed by atoms with Crippen LogP contribution in [0, 0.1) is 0 Å². The molecule has 0 aliphatic carbocycles. The lowest BCUT2D eigenvalue weighted by molar-refractivity contribution is -0.114. The third-order valence-electron chi connectivity index (χ3n) is 3.76. The molecule has 0 saturated carbocycles. The lowest BCUT2D eigenvalue weighted by Gasteiger charge is -2.18. The molecule has 5 nitrogen and oxygen atoms in total. The van der Waals surface area contributed by atoms with Crippen LogP contribution in [-0.4, -0.2) is 28.7 Å². The third kappa shape index (κ3) is 5.37. The second-order valence-corrected chi connectivity index (χ2v) is 5.97. The highest BCUT2D eigenvalue weighted by Crippen LogP contribution is 2.27. The van der Waals surface area contributed by atoms with Gasteiger partial charge in [-0.3, -0.25) is 4.79 Å². The standard InChI is InChI=1S/C19H24N2O3/c1-13(10-15-6-4-3-5-7-15)20-12-19(24)16-8-9-18(23)17(11-16)21-14(2)22/h3-9,11,13,19-20,23-24H,10,12H2,1-2H3,(H,21,22). The molecule has 0 radical (unpaired) electrons. The van der Waals surface area contributed by atoms with Gasteiger partial charge in [-0.15, -0.1) is 0 Å². The zero-order valence-corrected chi connectivity index (χ0v) is 14.0. The number of phenols is 1. The van der Waals surface area contributed by atoms with E-state index >= 15 is 0 Å². The van der Waals surface area contributed by atoms with Crippen LogP contribution in [0.25, 0.3) is 0 Å². The van der Waals surface area contributed by atoms with Crippen molar-refractivity contribution in [2.75, 3.05) is 11.9 Å². The molecular weight excluding hydrogens is 304 g/mol. The summed E-state index contributed by atoms with van der Waals surface area (Å²) in [6.07, 6.45) is 0.150. The van der Waals surface area contributed by atoms with Crippen molar-refractivity contribution in [3.63, 3.8) is 0 Å². The van der Waals surface area contributed by atoms with Crippen LogP contribution in [0.2, 0.25) is 0 Å². The van der Waals surface area contributed by atoms with Gasteiger partial charge in [0.1, 0.15) is 5.75 Å². The normalized spacial score (nSPS) is 13.3. The Morgan fingerprint density at radius 1 is 1.17 bits per heavy atom. The van der Waals surface area contributed by atoms with Crippen LogP contribution in [0.1, 0.15) is 31.1 Å². The van der Waals surface area contributed by atoms with E-state index < -0.39 is 6.10 Å². The number of carbonyl (C=O) groups is 1. The topological polar surface area (TPSA) is 81.6 Å². The quantitative estimate of drug-likeness (QED) is 0.589. The molecule has 1 amide bonds. The Hall–Kier alpha value is -2.37. The van der Waals surface area contributed by atoms with Crippen molar-refractivity contribution in [1.82, 2.24) is 5.32 Å². The van der Waals surface area contributed by atoms with Gasteiger partial charge in [-0.05, 0) is 36.6 Å². The molecule has 2 aromatic rings. The molecule has 0 saturated heterocycles. The lowest BCUT2D eigenvalue weighted by atomic mass is 10.1. The van der Waals surface area contributed by atoms with E-state index in [-0.39, 0.29) is 17.7 Å². The Morgan fingerprint density at radius 2 is 1.88 bits per heavy atom. The minimum absolute atomic E-state index is 0.0217. The molecule has 2 atom stereocenters. The second kappa shape index (κ2) is 8.47. The number of hydrogen-bond acceptors (Lipinski definition) is 4. The summed E-state index contributed by atoms with van der Waals surface area (Å²) in [6, 6.07) is 15.1. The average Bonchev–Trinajstić information content (AvgIpc) is 2.55. The number of hydrogen-bond donors (Lipinski definition) is 4. The van der Waals surface area contributed by atoms with E-state index in [1.165, 1.54) is 18.6 Å². The molecule has 4 N–H and O–H groups in total. The molecule has 0 aliphatic rings. The molecule has 0 bridgehead atoms. The van der Waals surface area contributed by atoms with E-state index in [1.807, 2.05) is 18.2 Å². The zero-order chi connectivity index (χ0) is 17.5. The SMILES string of the molecule is CC(=O)Nc1cc(C(O)CNC(C)Cc2ccccc2)ccc1O. The predicted molar refractivity (Wildman–Crippen MR) is 95.0 cm³/mol. The molecule has 0 heterocycles. The number of anilines is 1. The largest absolute Gasteiger partial charge is 0.506 e. The van der Waals surface area contributed by atoms with E-state index in [2.05, 4.69) is 29.7 Å². The zero-order valence-electron chi connectivity index (χ0n) is 14.0. The number of amides is 1. The van der Waals surface area contributed by atoms with Crippen molar-refractivity contribution in [2.45, 2.75) is 32.4 Å². The number of benzene rings is 2. The molecule has 0 fully saturated rings. The summed E-state index contributed by atoms with van der Waals surface area (Å²) >= 11 is 0. The molecule has 0 spiro atoms. The molecule has 2 unspecified atom stereocenters. The fourth-order valence-electron chi connectivity index (χ4n) is 2.52. The van der Waals surface area contributed by atoms with Crippen molar-refractivity contribution in [2.24, 2.45) is 0 Å². The first-order valence-electron chi connectivity index (χ1n) is 8.01. The van der Waals surface area contributed by atoms with E-state index in [0.29, 0.717) is 17.8 Å². The molecule has 2 aromatic carbocycles. The van der Waals surface area contributed by atoms with Gasteiger partial charge in [-0.25, -0.2) is 0 Å². The smallest absolute Gasteiger partial charge is 0.221 e. The molecule has 0 aromatic heterocycles. The summed E-state index contributed by atoms with van der Waals surface area (Å²) in [7, 11) is 0. The second-order valence-electron chi connectivity index (χ2n) is 5.97. The Bertz CT molecular complexity index is 674. The number of carbonyl (C=O) groups excluding carboxylic acids is 1. The first-order valence-corrected chi connectivity index (χ1v) is 8.01. The van der Waals surface area contributed by atoms with Crippen LogP contribution < -0.4 is 10.6 Å². The molecule has 0 aliphatic heterocycles. The highest BCUT2D eigenvalue weighted by atomic mass is 16.3. The van der Waals surface area contributed by atoms with Crippen molar-refractivity contribution in [3.05, 3.63) is 59.7 Å². The fraction of sp³-hybridized carbons (Fsp3) is 0.316. The first-order chi connectivity index (χ1) is 11.5. The summed E-state index contributed by atoms with van der Waals surface area (Å²) in [5, 5.41) is 25.9. The number of nitrogens with one attached hydrogen (secondary N) is 2. The predicted octanol–water partition coefficient (Wildman–Crippen LogP) is 2.60. The maximum absolute atomic E-state index is 11.1. The summed E-state index contributed by atoms with van der Waals surface area (Å²) in [6.45, 7) is 3.83. The van der Waals surface area contributed by atoms with Gasteiger partial charge in [0.05, 0.1) is 11.8 Å². The van der Waals surface area contributed by atoms with Crippen molar-refractivity contribution >= 4 is 11.6 Å². The van der Waals surface area contributed by atoms with Gasteiger partial charge in [0.25, 0.3) is 0 Å². The van der Waals surface area contributed by atoms with Crippen LogP contribution in [0.5, 0.6) is 5.75 Å². The Morgan fingerprint density at radius 3 is 2.54 bits per heavy atom. The number of rotatable bonds is 7. The summed E-state index contributed by atoms with van der Waals surface area (Å²) in [4.78, 5) is 11.1. The van der Waals surface area contributed by atoms with Gasteiger partial charge in [0.15, 0.2) is 0 Å². The first kappa shape index (κ1) is 18.0. The van der Waals surface area contributed by atoms with Crippen LogP contribution in [0.3, 0.4) is 0 Å². The van der Waals surface area contributed by atoms with Crippen molar-refractivity contribution in [1.29, 1.82) is 0 Å². The van der Waals surface area contributed by atoms with Gasteiger partial charge in [-0.1, -0.05) is 36.4 Å². The van der Waals surface area contributed by atoms with Crippen LogP contribution in [0.4, 0.5) is 5.69 Å². The Labute approximate surface area is 142 Å². The summed E-state index contributed by atoms with van der Waals surface area (Å²) in [5.74, 6) is -0.293. The van der Waals surface area contributed by atoms with Gasteiger partial charge in [0, 0.05) is 19.5 Å². The van der Waals surface area contributed by atoms with Crippen LogP contribution >= 0.6 is 0 Å². The number of phenolic OH excluding ortho intramolecular Hbond substituents is 1. The fourth-order valence-corrected chi connectivity index (χ4v) is 2.52. The lowest BCUT2D eigenvalue weighted by Crippen LogP contribution is -2.32. The molecule has 24 heavy (non-hydrogen) atoms. The van der Waals surface area contributed by atoms with E-state index in [9.17, 15) is 15.0 Å². The summed E-state index contributed by atoms with van der Waals surface area (Å²) in [5.41, 5.74) is 2.18.